The lowest BCUT2D eigenvalue weighted by Gasteiger charge is -2.36. The van der Waals surface area contributed by atoms with Gasteiger partial charge in [-0.15, -0.1) is 0 Å². The zero-order valence-corrected chi connectivity index (χ0v) is 19.7. The molecule has 4 unspecified atom stereocenters. The van der Waals surface area contributed by atoms with Crippen molar-refractivity contribution in [3.8, 4) is 0 Å². The fourth-order valence-corrected chi connectivity index (χ4v) is 6.69. The maximum Gasteiger partial charge on any atom is 0.338 e. The van der Waals surface area contributed by atoms with Gasteiger partial charge in [0.05, 0.1) is 29.7 Å². The largest absolute Gasteiger partial charge is 0.462 e. The molecule has 180 valence electrons. The molecule has 0 aliphatic carbocycles. The van der Waals surface area contributed by atoms with E-state index in [2.05, 4.69) is 17.1 Å². The number of hydrogen-bond acceptors (Lipinski definition) is 6. The number of hydrogen-bond donors (Lipinski definition) is 1. The molecule has 0 bridgehead atoms. The highest BCUT2D eigenvalue weighted by Gasteiger charge is 2.74. The van der Waals surface area contributed by atoms with Gasteiger partial charge < -0.3 is 10.1 Å². The minimum Gasteiger partial charge on any atom is -0.462 e. The quantitative estimate of drug-likeness (QED) is 0.542. The van der Waals surface area contributed by atoms with E-state index in [0.29, 0.717) is 17.8 Å². The molecule has 0 radical (unpaired) electrons. The monoisotopic (exact) mass is 473 g/mol. The van der Waals surface area contributed by atoms with Crippen molar-refractivity contribution in [3.63, 3.8) is 0 Å². The molecule has 6 rings (SSSR count). The lowest BCUT2D eigenvalue weighted by Crippen LogP contribution is -2.54. The lowest BCUT2D eigenvalue weighted by molar-refractivity contribution is -0.135. The summed E-state index contributed by atoms with van der Waals surface area (Å²) in [7, 11) is 0. The van der Waals surface area contributed by atoms with E-state index in [1.54, 1.807) is 31.2 Å². The van der Waals surface area contributed by atoms with Gasteiger partial charge in [0.15, 0.2) is 0 Å². The van der Waals surface area contributed by atoms with Crippen molar-refractivity contribution >= 4 is 35.1 Å². The number of rotatable bonds is 4. The molecule has 3 amide bonds. The van der Waals surface area contributed by atoms with Crippen molar-refractivity contribution in [3.05, 3.63) is 59.2 Å². The Balaban J connectivity index is 1.45. The first-order valence-corrected chi connectivity index (χ1v) is 12.3. The maximum absolute atomic E-state index is 14.0. The van der Waals surface area contributed by atoms with E-state index in [-0.39, 0.29) is 30.4 Å². The molecule has 0 aromatic heterocycles. The third-order valence-electron chi connectivity index (χ3n) is 8.10. The van der Waals surface area contributed by atoms with Crippen LogP contribution < -0.4 is 10.2 Å². The van der Waals surface area contributed by atoms with Crippen LogP contribution in [0.2, 0.25) is 0 Å². The predicted octanol–water partition coefficient (Wildman–Crippen LogP) is 2.86. The molecule has 3 saturated heterocycles. The van der Waals surface area contributed by atoms with E-state index >= 15 is 0 Å². The van der Waals surface area contributed by atoms with E-state index in [1.165, 1.54) is 4.90 Å². The molecule has 2 aromatic carbocycles. The van der Waals surface area contributed by atoms with Gasteiger partial charge in [0.25, 0.3) is 0 Å². The Morgan fingerprint density at radius 2 is 1.86 bits per heavy atom. The van der Waals surface area contributed by atoms with Gasteiger partial charge in [-0.05, 0) is 68.6 Å². The van der Waals surface area contributed by atoms with Gasteiger partial charge in [0.2, 0.25) is 17.7 Å². The molecule has 3 fully saturated rings. The number of esters is 1. The summed E-state index contributed by atoms with van der Waals surface area (Å²) in [5.41, 5.74) is 2.19. The van der Waals surface area contributed by atoms with Crippen molar-refractivity contribution in [1.82, 2.24) is 4.90 Å². The fourth-order valence-electron chi connectivity index (χ4n) is 6.69. The van der Waals surface area contributed by atoms with Gasteiger partial charge in [0.1, 0.15) is 5.54 Å². The van der Waals surface area contributed by atoms with Gasteiger partial charge in [-0.25, -0.2) is 9.69 Å². The number of nitrogens with zero attached hydrogens (tertiary/aromatic N) is 2. The van der Waals surface area contributed by atoms with Gasteiger partial charge >= 0.3 is 5.97 Å². The molecular weight excluding hydrogens is 446 g/mol. The van der Waals surface area contributed by atoms with Crippen molar-refractivity contribution < 1.29 is 23.9 Å². The molecule has 4 heterocycles. The number of imide groups is 1. The van der Waals surface area contributed by atoms with Crippen LogP contribution in [0.3, 0.4) is 0 Å². The van der Waals surface area contributed by atoms with Gasteiger partial charge in [-0.3, -0.25) is 19.3 Å². The van der Waals surface area contributed by atoms with E-state index in [4.69, 9.17) is 4.74 Å². The Labute approximate surface area is 203 Å². The normalized spacial score (nSPS) is 28.9. The molecule has 2 aromatic rings. The number of carbonyl (C=O) groups is 4. The summed E-state index contributed by atoms with van der Waals surface area (Å²) in [6.07, 6.45) is 2.45. The highest BCUT2D eigenvalue weighted by atomic mass is 16.5. The summed E-state index contributed by atoms with van der Waals surface area (Å²) in [5.74, 6) is -2.69. The van der Waals surface area contributed by atoms with Crippen LogP contribution in [0.1, 0.15) is 48.2 Å². The summed E-state index contributed by atoms with van der Waals surface area (Å²) >= 11 is 0. The first-order valence-electron chi connectivity index (χ1n) is 12.3. The molecular formula is C27H27N3O5. The summed E-state index contributed by atoms with van der Waals surface area (Å²) < 4.78 is 5.03. The predicted molar refractivity (Wildman–Crippen MR) is 128 cm³/mol. The van der Waals surface area contributed by atoms with E-state index < -0.39 is 23.3 Å². The number of amides is 3. The third-order valence-corrected chi connectivity index (χ3v) is 8.10. The highest BCUT2D eigenvalue weighted by Crippen LogP contribution is 2.60. The molecule has 35 heavy (non-hydrogen) atoms. The Hall–Kier alpha value is -3.52. The van der Waals surface area contributed by atoms with Gasteiger partial charge in [-0.1, -0.05) is 19.1 Å². The Morgan fingerprint density at radius 1 is 1.09 bits per heavy atom. The summed E-state index contributed by atoms with van der Waals surface area (Å²) in [4.78, 5) is 56.9. The number of carbonyl (C=O) groups excluding carboxylic acids is 4. The summed E-state index contributed by atoms with van der Waals surface area (Å²) in [6, 6.07) is 12.1. The number of benzene rings is 2. The number of aryl methyl sites for hydroxylation is 1. The number of anilines is 2. The van der Waals surface area contributed by atoms with Crippen LogP contribution in [-0.4, -0.2) is 47.8 Å². The maximum atomic E-state index is 14.0. The standard InChI is InChI=1S/C27H27N3O5/c1-3-15-7-12-19-18(14-15)27(26(34)28-19)22-21(20-6-5-13-29(20)27)23(31)30(24(22)32)17-10-8-16(9-11-17)25(33)35-4-2/h7-12,14,20-22H,3-6,13H2,1-2H3,(H,28,34). The average molecular weight is 474 g/mol. The topological polar surface area (TPSA) is 96.0 Å². The van der Waals surface area contributed by atoms with Gasteiger partial charge in [-0.2, -0.15) is 0 Å². The molecule has 4 aliphatic rings. The van der Waals surface area contributed by atoms with Crippen LogP contribution in [0.15, 0.2) is 42.5 Å². The number of fused-ring (bicyclic) bond motifs is 7. The van der Waals surface area contributed by atoms with Crippen LogP contribution in [0.25, 0.3) is 0 Å². The minimum atomic E-state index is -1.18. The van der Waals surface area contributed by atoms with Crippen molar-refractivity contribution in [2.75, 3.05) is 23.4 Å². The molecule has 0 saturated carbocycles. The van der Waals surface area contributed by atoms with Crippen LogP contribution >= 0.6 is 0 Å². The first-order chi connectivity index (χ1) is 16.9. The van der Waals surface area contributed by atoms with E-state index in [0.717, 1.165) is 36.1 Å². The second-order valence-electron chi connectivity index (χ2n) is 9.64. The zero-order chi connectivity index (χ0) is 24.5. The smallest absolute Gasteiger partial charge is 0.338 e. The molecule has 1 N–H and O–H groups in total. The summed E-state index contributed by atoms with van der Waals surface area (Å²) in [6.45, 7) is 4.72. The second-order valence-corrected chi connectivity index (χ2v) is 9.64. The van der Waals surface area contributed by atoms with Crippen LogP contribution in [-0.2, 0) is 31.1 Å². The van der Waals surface area contributed by atoms with Crippen LogP contribution in [0, 0.1) is 11.8 Å². The van der Waals surface area contributed by atoms with E-state index in [1.807, 2.05) is 18.2 Å². The second kappa shape index (κ2) is 7.75. The van der Waals surface area contributed by atoms with Crippen molar-refractivity contribution in [1.29, 1.82) is 0 Å². The van der Waals surface area contributed by atoms with Gasteiger partial charge in [0, 0.05) is 17.3 Å². The molecule has 1 spiro atoms. The van der Waals surface area contributed by atoms with Crippen molar-refractivity contribution in [2.45, 2.75) is 44.7 Å². The number of ether oxygens (including phenoxy) is 1. The molecule has 8 nitrogen and oxygen atoms in total. The number of nitrogens with one attached hydrogen (secondary N) is 1. The minimum absolute atomic E-state index is 0.165. The van der Waals surface area contributed by atoms with E-state index in [9.17, 15) is 19.2 Å². The van der Waals surface area contributed by atoms with Crippen LogP contribution in [0.4, 0.5) is 11.4 Å². The SMILES string of the molecule is CCOC(=O)c1ccc(N2C(=O)C3C4CCCN4C4(C(=O)Nc5ccc(CC)cc54)C3C2=O)cc1. The zero-order valence-electron chi connectivity index (χ0n) is 19.7. The molecule has 8 heteroatoms. The average Bonchev–Trinajstić information content (AvgIpc) is 3.57. The molecule has 4 atom stereocenters. The lowest BCUT2D eigenvalue weighted by atomic mass is 9.75. The molecule has 4 aliphatic heterocycles. The summed E-state index contributed by atoms with van der Waals surface area (Å²) in [5, 5.41) is 3.01. The Morgan fingerprint density at radius 3 is 2.57 bits per heavy atom. The Kier molecular flexibility index (Phi) is 4.86. The Bertz CT molecular complexity index is 1270. The van der Waals surface area contributed by atoms with Crippen molar-refractivity contribution in [2.24, 2.45) is 11.8 Å². The highest BCUT2D eigenvalue weighted by molar-refractivity contribution is 6.26. The fraction of sp³-hybridized carbons (Fsp3) is 0.407. The first kappa shape index (κ1) is 22.0. The third kappa shape index (κ3) is 2.77. The van der Waals surface area contributed by atoms with Crippen LogP contribution in [0.5, 0.6) is 0 Å².